The van der Waals surface area contributed by atoms with Crippen molar-refractivity contribution in [2.75, 3.05) is 23.8 Å². The topological polar surface area (TPSA) is 91.4 Å². The van der Waals surface area contributed by atoms with Gasteiger partial charge in [0, 0.05) is 36.6 Å². The molecular weight excluding hydrogens is 340 g/mol. The second-order valence-corrected chi connectivity index (χ2v) is 6.49. The van der Waals surface area contributed by atoms with E-state index in [-0.39, 0.29) is 24.1 Å². The molecule has 3 amide bonds. The zero-order valence-corrected chi connectivity index (χ0v) is 14.6. The van der Waals surface area contributed by atoms with Crippen LogP contribution in [0.4, 0.5) is 10.8 Å². The SMILES string of the molecule is CNC(=O)c1cccc(NC(=O)Cc2csc(N3CCCC3=O)n2)c1. The first-order chi connectivity index (χ1) is 12.1. The van der Waals surface area contributed by atoms with Crippen molar-refractivity contribution in [3.05, 3.63) is 40.9 Å². The minimum atomic E-state index is -0.223. The molecule has 2 N–H and O–H groups in total. The Morgan fingerprint density at radius 3 is 2.92 bits per heavy atom. The number of amides is 3. The molecule has 0 saturated carbocycles. The number of thiazole rings is 1. The second kappa shape index (κ2) is 7.43. The molecule has 0 atom stereocenters. The van der Waals surface area contributed by atoms with Crippen LogP contribution in [-0.2, 0) is 16.0 Å². The second-order valence-electron chi connectivity index (χ2n) is 5.66. The van der Waals surface area contributed by atoms with Crippen LogP contribution >= 0.6 is 11.3 Å². The van der Waals surface area contributed by atoms with Gasteiger partial charge in [0.2, 0.25) is 11.8 Å². The molecule has 1 aromatic heterocycles. The first kappa shape index (κ1) is 17.1. The Morgan fingerprint density at radius 1 is 1.36 bits per heavy atom. The summed E-state index contributed by atoms with van der Waals surface area (Å²) < 4.78 is 0. The minimum absolute atomic E-state index is 0.0800. The predicted molar refractivity (Wildman–Crippen MR) is 95.9 cm³/mol. The van der Waals surface area contributed by atoms with Gasteiger partial charge in [-0.3, -0.25) is 19.3 Å². The minimum Gasteiger partial charge on any atom is -0.355 e. The first-order valence-corrected chi connectivity index (χ1v) is 8.81. The number of hydrogen-bond acceptors (Lipinski definition) is 5. The molecule has 25 heavy (non-hydrogen) atoms. The van der Waals surface area contributed by atoms with Crippen LogP contribution < -0.4 is 15.5 Å². The van der Waals surface area contributed by atoms with Crippen LogP contribution in [0.2, 0.25) is 0 Å². The number of nitrogens with one attached hydrogen (secondary N) is 2. The number of benzene rings is 1. The normalized spacial score (nSPS) is 13.8. The smallest absolute Gasteiger partial charge is 0.251 e. The summed E-state index contributed by atoms with van der Waals surface area (Å²) in [7, 11) is 1.55. The zero-order valence-electron chi connectivity index (χ0n) is 13.7. The zero-order chi connectivity index (χ0) is 17.8. The molecule has 0 aliphatic carbocycles. The van der Waals surface area contributed by atoms with Crippen LogP contribution in [0.25, 0.3) is 0 Å². The van der Waals surface area contributed by atoms with Crippen molar-refractivity contribution in [2.45, 2.75) is 19.3 Å². The third-order valence-corrected chi connectivity index (χ3v) is 4.73. The van der Waals surface area contributed by atoms with E-state index in [9.17, 15) is 14.4 Å². The van der Waals surface area contributed by atoms with Crippen molar-refractivity contribution in [1.82, 2.24) is 10.3 Å². The van der Waals surface area contributed by atoms with Crippen molar-refractivity contribution in [3.8, 4) is 0 Å². The Hall–Kier alpha value is -2.74. The van der Waals surface area contributed by atoms with Gasteiger partial charge in [-0.05, 0) is 24.6 Å². The molecule has 2 aromatic rings. The van der Waals surface area contributed by atoms with Gasteiger partial charge >= 0.3 is 0 Å². The van der Waals surface area contributed by atoms with E-state index >= 15 is 0 Å². The third kappa shape index (κ3) is 4.03. The molecule has 7 nitrogen and oxygen atoms in total. The predicted octanol–water partition coefficient (Wildman–Crippen LogP) is 1.81. The first-order valence-electron chi connectivity index (χ1n) is 7.93. The standard InChI is InChI=1S/C17H18N4O3S/c1-18-16(24)11-4-2-5-12(8-11)19-14(22)9-13-10-25-17(20-13)21-7-3-6-15(21)23/h2,4-5,8,10H,3,6-7,9H2,1H3,(H,18,24)(H,19,22). The highest BCUT2D eigenvalue weighted by Gasteiger charge is 2.24. The molecule has 1 fully saturated rings. The molecular formula is C17H18N4O3S. The molecule has 1 aromatic carbocycles. The fourth-order valence-corrected chi connectivity index (χ4v) is 3.47. The maximum atomic E-state index is 12.2. The molecule has 1 aliphatic heterocycles. The Labute approximate surface area is 149 Å². The van der Waals surface area contributed by atoms with Crippen LogP contribution in [0.1, 0.15) is 28.9 Å². The van der Waals surface area contributed by atoms with Gasteiger partial charge in [-0.25, -0.2) is 4.98 Å². The van der Waals surface area contributed by atoms with Crippen molar-refractivity contribution >= 4 is 39.9 Å². The molecule has 8 heteroatoms. The third-order valence-electron chi connectivity index (χ3n) is 3.82. The van der Waals surface area contributed by atoms with Gasteiger partial charge in [0.05, 0.1) is 12.1 Å². The highest BCUT2D eigenvalue weighted by atomic mass is 32.1. The lowest BCUT2D eigenvalue weighted by Gasteiger charge is -2.10. The Balaban J connectivity index is 1.62. The molecule has 130 valence electrons. The van der Waals surface area contributed by atoms with Crippen molar-refractivity contribution in [1.29, 1.82) is 0 Å². The van der Waals surface area contributed by atoms with Gasteiger partial charge in [0.1, 0.15) is 0 Å². The van der Waals surface area contributed by atoms with Gasteiger partial charge in [-0.1, -0.05) is 6.07 Å². The molecule has 0 bridgehead atoms. The largest absolute Gasteiger partial charge is 0.355 e. The van der Waals surface area contributed by atoms with E-state index in [4.69, 9.17) is 0 Å². The molecule has 0 unspecified atom stereocenters. The van der Waals surface area contributed by atoms with Crippen molar-refractivity contribution in [2.24, 2.45) is 0 Å². The van der Waals surface area contributed by atoms with E-state index in [1.54, 1.807) is 41.6 Å². The number of carbonyl (C=O) groups excluding carboxylic acids is 3. The van der Waals surface area contributed by atoms with Gasteiger partial charge < -0.3 is 10.6 Å². The maximum Gasteiger partial charge on any atom is 0.251 e. The van der Waals surface area contributed by atoms with Gasteiger partial charge in [0.25, 0.3) is 5.91 Å². The summed E-state index contributed by atoms with van der Waals surface area (Å²) in [5.74, 6) is -0.356. The lowest BCUT2D eigenvalue weighted by Crippen LogP contribution is -2.23. The Bertz CT molecular complexity index is 818. The molecule has 0 radical (unpaired) electrons. The lowest BCUT2D eigenvalue weighted by molar-refractivity contribution is -0.117. The summed E-state index contributed by atoms with van der Waals surface area (Å²) >= 11 is 1.37. The summed E-state index contributed by atoms with van der Waals surface area (Å²) in [5, 5.41) is 7.74. The van der Waals surface area contributed by atoms with E-state index in [1.807, 2.05) is 0 Å². The van der Waals surface area contributed by atoms with E-state index in [1.165, 1.54) is 11.3 Å². The summed E-state index contributed by atoms with van der Waals surface area (Å²) in [6.07, 6.45) is 1.51. The van der Waals surface area contributed by atoms with Crippen LogP contribution in [0.5, 0.6) is 0 Å². The van der Waals surface area contributed by atoms with E-state index in [2.05, 4.69) is 15.6 Å². The van der Waals surface area contributed by atoms with E-state index in [0.29, 0.717) is 35.0 Å². The number of nitrogens with zero attached hydrogens (tertiary/aromatic N) is 2. The number of anilines is 2. The molecule has 2 heterocycles. The highest BCUT2D eigenvalue weighted by Crippen LogP contribution is 2.25. The number of rotatable bonds is 5. The summed E-state index contributed by atoms with van der Waals surface area (Å²) in [5.41, 5.74) is 1.65. The molecule has 1 aliphatic rings. The quantitative estimate of drug-likeness (QED) is 0.853. The van der Waals surface area contributed by atoms with Gasteiger partial charge in [-0.15, -0.1) is 11.3 Å². The highest BCUT2D eigenvalue weighted by molar-refractivity contribution is 7.14. The summed E-state index contributed by atoms with van der Waals surface area (Å²) in [6.45, 7) is 0.685. The van der Waals surface area contributed by atoms with Crippen LogP contribution in [0.3, 0.4) is 0 Å². The van der Waals surface area contributed by atoms with Crippen molar-refractivity contribution < 1.29 is 14.4 Å². The monoisotopic (exact) mass is 358 g/mol. The Morgan fingerprint density at radius 2 is 2.20 bits per heavy atom. The maximum absolute atomic E-state index is 12.2. The average Bonchev–Trinajstić information content (AvgIpc) is 3.22. The number of hydrogen-bond donors (Lipinski definition) is 2. The Kier molecular flexibility index (Phi) is 5.08. The number of aromatic nitrogens is 1. The average molecular weight is 358 g/mol. The van der Waals surface area contributed by atoms with Crippen LogP contribution in [-0.4, -0.2) is 36.3 Å². The van der Waals surface area contributed by atoms with Gasteiger partial charge in [-0.2, -0.15) is 0 Å². The van der Waals surface area contributed by atoms with Crippen LogP contribution in [0.15, 0.2) is 29.6 Å². The van der Waals surface area contributed by atoms with Crippen molar-refractivity contribution in [3.63, 3.8) is 0 Å². The fourth-order valence-electron chi connectivity index (χ4n) is 2.60. The summed E-state index contributed by atoms with van der Waals surface area (Å²) in [6, 6.07) is 6.72. The van der Waals surface area contributed by atoms with Crippen LogP contribution in [0, 0.1) is 0 Å². The summed E-state index contributed by atoms with van der Waals surface area (Å²) in [4.78, 5) is 41.6. The molecule has 3 rings (SSSR count). The number of carbonyl (C=O) groups is 3. The lowest BCUT2D eigenvalue weighted by atomic mass is 10.2. The van der Waals surface area contributed by atoms with E-state index < -0.39 is 0 Å². The molecule has 0 spiro atoms. The molecule has 1 saturated heterocycles. The fraction of sp³-hybridized carbons (Fsp3) is 0.294. The van der Waals surface area contributed by atoms with Gasteiger partial charge in [0.15, 0.2) is 5.13 Å². The van der Waals surface area contributed by atoms with E-state index in [0.717, 1.165) is 6.42 Å².